The van der Waals surface area contributed by atoms with Crippen LogP contribution in [0, 0.1) is 0 Å². The van der Waals surface area contributed by atoms with E-state index in [0.717, 1.165) is 12.8 Å². The van der Waals surface area contributed by atoms with Gasteiger partial charge in [-0.15, -0.1) is 6.58 Å². The number of unbranched alkanes of at least 4 members (excludes halogenated alkanes) is 1. The lowest BCUT2D eigenvalue weighted by molar-refractivity contribution is -0.155. The van der Waals surface area contributed by atoms with E-state index in [-0.39, 0.29) is 5.97 Å². The highest BCUT2D eigenvalue weighted by Crippen LogP contribution is 1.96. The Kier molecular flexibility index (Phi) is 7.30. The second kappa shape index (κ2) is 7.80. The fraction of sp³-hybridized carbons (Fsp3) is 0.700. The maximum absolute atomic E-state index is 11.1. The van der Waals surface area contributed by atoms with Crippen molar-refractivity contribution in [3.05, 3.63) is 12.7 Å². The van der Waals surface area contributed by atoms with E-state index >= 15 is 0 Å². The lowest BCUT2D eigenvalue weighted by Gasteiger charge is -2.10. The summed E-state index contributed by atoms with van der Waals surface area (Å²) in [5.74, 6) is -0.296. The zero-order valence-corrected chi connectivity index (χ0v) is 8.41. The molecule has 0 aliphatic rings. The molecule has 76 valence electrons. The van der Waals surface area contributed by atoms with Crippen LogP contribution in [-0.4, -0.2) is 25.3 Å². The van der Waals surface area contributed by atoms with Crippen molar-refractivity contribution in [1.29, 1.82) is 0 Å². The number of ether oxygens (including phenoxy) is 2. The van der Waals surface area contributed by atoms with Crippen LogP contribution in [0.1, 0.15) is 26.7 Å². The summed E-state index contributed by atoms with van der Waals surface area (Å²) >= 11 is 0. The van der Waals surface area contributed by atoms with Gasteiger partial charge in [0.2, 0.25) is 0 Å². The van der Waals surface area contributed by atoms with Crippen LogP contribution >= 0.6 is 0 Å². The fourth-order valence-electron chi connectivity index (χ4n) is 0.715. The monoisotopic (exact) mass is 186 g/mol. The van der Waals surface area contributed by atoms with E-state index in [9.17, 15) is 4.79 Å². The summed E-state index contributed by atoms with van der Waals surface area (Å²) in [7, 11) is 0. The molecule has 0 N–H and O–H groups in total. The van der Waals surface area contributed by atoms with Crippen molar-refractivity contribution in [2.24, 2.45) is 0 Å². The molecule has 0 saturated heterocycles. The average Bonchev–Trinajstić information content (AvgIpc) is 2.14. The quantitative estimate of drug-likeness (QED) is 0.346. The Morgan fingerprint density at radius 3 is 2.85 bits per heavy atom. The molecular weight excluding hydrogens is 168 g/mol. The van der Waals surface area contributed by atoms with Crippen LogP contribution in [0.5, 0.6) is 0 Å². The molecule has 0 aliphatic heterocycles. The zero-order chi connectivity index (χ0) is 10.1. The molecule has 0 aliphatic carbocycles. The first-order chi connectivity index (χ1) is 6.22. The molecular formula is C10H18O3. The molecule has 3 nitrogen and oxygen atoms in total. The maximum atomic E-state index is 11.1. The summed E-state index contributed by atoms with van der Waals surface area (Å²) in [5, 5.41) is 0. The van der Waals surface area contributed by atoms with Crippen molar-refractivity contribution in [3.8, 4) is 0 Å². The van der Waals surface area contributed by atoms with Gasteiger partial charge in [-0.25, -0.2) is 4.79 Å². The topological polar surface area (TPSA) is 35.5 Å². The number of rotatable bonds is 7. The molecule has 0 aromatic carbocycles. The first-order valence-corrected chi connectivity index (χ1v) is 4.61. The summed E-state index contributed by atoms with van der Waals surface area (Å²) in [6.45, 7) is 8.08. The highest BCUT2D eigenvalue weighted by Gasteiger charge is 2.13. The molecule has 3 heteroatoms. The van der Waals surface area contributed by atoms with Crippen molar-refractivity contribution >= 4 is 5.97 Å². The van der Waals surface area contributed by atoms with Crippen LogP contribution < -0.4 is 0 Å². The molecule has 0 bridgehead atoms. The average molecular weight is 186 g/mol. The van der Waals surface area contributed by atoms with Crippen LogP contribution in [0.3, 0.4) is 0 Å². The molecule has 1 atom stereocenters. The van der Waals surface area contributed by atoms with Gasteiger partial charge in [0.1, 0.15) is 0 Å². The van der Waals surface area contributed by atoms with Crippen molar-refractivity contribution in [3.63, 3.8) is 0 Å². The first kappa shape index (κ1) is 12.2. The third kappa shape index (κ3) is 6.34. The SMILES string of the molecule is C=CCOC(C)C(=O)OCCCC. The molecule has 13 heavy (non-hydrogen) atoms. The Morgan fingerprint density at radius 2 is 2.31 bits per heavy atom. The number of hydrogen-bond acceptors (Lipinski definition) is 3. The lowest BCUT2D eigenvalue weighted by atomic mass is 10.3. The maximum Gasteiger partial charge on any atom is 0.334 e. The molecule has 0 amide bonds. The minimum Gasteiger partial charge on any atom is -0.464 e. The van der Waals surface area contributed by atoms with Crippen molar-refractivity contribution in [1.82, 2.24) is 0 Å². The van der Waals surface area contributed by atoms with Crippen LogP contribution in [0.4, 0.5) is 0 Å². The largest absolute Gasteiger partial charge is 0.464 e. The molecule has 0 heterocycles. The number of carbonyl (C=O) groups excluding carboxylic acids is 1. The van der Waals surface area contributed by atoms with Gasteiger partial charge in [-0.3, -0.25) is 0 Å². The van der Waals surface area contributed by atoms with Gasteiger partial charge in [0, 0.05) is 0 Å². The van der Waals surface area contributed by atoms with E-state index in [1.807, 2.05) is 6.92 Å². The van der Waals surface area contributed by atoms with Crippen LogP contribution in [0.2, 0.25) is 0 Å². The third-order valence-corrected chi connectivity index (χ3v) is 1.54. The van der Waals surface area contributed by atoms with Crippen LogP contribution in [-0.2, 0) is 14.3 Å². The van der Waals surface area contributed by atoms with E-state index < -0.39 is 6.10 Å². The van der Waals surface area contributed by atoms with Gasteiger partial charge in [-0.1, -0.05) is 19.4 Å². The van der Waals surface area contributed by atoms with Crippen molar-refractivity contribution in [2.75, 3.05) is 13.2 Å². The molecule has 0 radical (unpaired) electrons. The summed E-state index contributed by atoms with van der Waals surface area (Å²) in [6.07, 6.45) is 3.04. The molecule has 0 aromatic rings. The van der Waals surface area contributed by atoms with Crippen molar-refractivity contribution < 1.29 is 14.3 Å². The smallest absolute Gasteiger partial charge is 0.334 e. The van der Waals surface area contributed by atoms with Crippen molar-refractivity contribution in [2.45, 2.75) is 32.8 Å². The second-order valence-corrected chi connectivity index (χ2v) is 2.79. The number of hydrogen-bond donors (Lipinski definition) is 0. The van der Waals surface area contributed by atoms with Gasteiger partial charge in [0.25, 0.3) is 0 Å². The van der Waals surface area contributed by atoms with Gasteiger partial charge in [0.15, 0.2) is 6.10 Å². The van der Waals surface area contributed by atoms with E-state index in [0.29, 0.717) is 13.2 Å². The Bertz CT molecular complexity index is 154. The molecule has 1 unspecified atom stereocenters. The third-order valence-electron chi connectivity index (χ3n) is 1.54. The summed E-state index contributed by atoms with van der Waals surface area (Å²) in [5.41, 5.74) is 0. The van der Waals surface area contributed by atoms with Gasteiger partial charge >= 0.3 is 5.97 Å². The molecule has 0 spiro atoms. The fourth-order valence-corrected chi connectivity index (χ4v) is 0.715. The predicted octanol–water partition coefficient (Wildman–Crippen LogP) is 1.92. The van der Waals surface area contributed by atoms with Gasteiger partial charge in [-0.05, 0) is 13.3 Å². The summed E-state index contributed by atoms with van der Waals surface area (Å²) in [4.78, 5) is 11.1. The molecule has 0 aromatic heterocycles. The van der Waals surface area contributed by atoms with Crippen LogP contribution in [0.15, 0.2) is 12.7 Å². The van der Waals surface area contributed by atoms with Gasteiger partial charge in [0.05, 0.1) is 13.2 Å². The normalized spacial score (nSPS) is 12.2. The standard InChI is InChI=1S/C10H18O3/c1-4-6-8-13-10(11)9(3)12-7-5-2/h5,9H,2,4,6-8H2,1,3H3. The zero-order valence-electron chi connectivity index (χ0n) is 8.41. The lowest BCUT2D eigenvalue weighted by Crippen LogP contribution is -2.23. The van der Waals surface area contributed by atoms with Gasteiger partial charge in [-0.2, -0.15) is 0 Å². The summed E-state index contributed by atoms with van der Waals surface area (Å²) < 4.78 is 10.0. The van der Waals surface area contributed by atoms with E-state index in [1.54, 1.807) is 13.0 Å². The predicted molar refractivity (Wildman–Crippen MR) is 51.5 cm³/mol. The Labute approximate surface area is 79.7 Å². The Balaban J connectivity index is 3.50. The summed E-state index contributed by atoms with van der Waals surface area (Å²) in [6, 6.07) is 0. The Hall–Kier alpha value is -0.830. The minimum absolute atomic E-state index is 0.296. The number of esters is 1. The first-order valence-electron chi connectivity index (χ1n) is 4.61. The van der Waals surface area contributed by atoms with Crippen LogP contribution in [0.25, 0.3) is 0 Å². The van der Waals surface area contributed by atoms with Gasteiger partial charge < -0.3 is 9.47 Å². The molecule has 0 fully saturated rings. The van der Waals surface area contributed by atoms with E-state index in [4.69, 9.17) is 9.47 Å². The highest BCUT2D eigenvalue weighted by atomic mass is 16.6. The van der Waals surface area contributed by atoms with E-state index in [2.05, 4.69) is 6.58 Å². The minimum atomic E-state index is -0.491. The second-order valence-electron chi connectivity index (χ2n) is 2.79. The molecule has 0 rings (SSSR count). The molecule has 0 saturated carbocycles. The Morgan fingerprint density at radius 1 is 1.62 bits per heavy atom. The van der Waals surface area contributed by atoms with E-state index in [1.165, 1.54) is 0 Å². The number of carbonyl (C=O) groups is 1. The highest BCUT2D eigenvalue weighted by molar-refractivity contribution is 5.74.